The van der Waals surface area contributed by atoms with Crippen LogP contribution in [0.4, 0.5) is 4.79 Å². The monoisotopic (exact) mass is 398 g/mol. The number of allylic oxidation sites excluding steroid dienone is 1. The van der Waals surface area contributed by atoms with Gasteiger partial charge in [0.1, 0.15) is 6.07 Å². The molecule has 0 radical (unpaired) electrons. The summed E-state index contributed by atoms with van der Waals surface area (Å²) in [4.78, 5) is 22.4. The fraction of sp³-hybridized carbons (Fsp3) is 0.350. The Morgan fingerprint density at radius 1 is 1.15 bits per heavy atom. The number of piperidine rings is 1. The second-order valence-electron chi connectivity index (χ2n) is 6.76. The zero-order valence-corrected chi connectivity index (χ0v) is 16.4. The van der Waals surface area contributed by atoms with Gasteiger partial charge in [-0.3, -0.25) is 4.98 Å². The molecule has 138 valence electrons. The normalized spacial score (nSPS) is 16.7. The second kappa shape index (κ2) is 7.71. The molecule has 0 saturated carbocycles. The van der Waals surface area contributed by atoms with Gasteiger partial charge in [0.25, 0.3) is 0 Å². The summed E-state index contributed by atoms with van der Waals surface area (Å²) in [6, 6.07) is 8.03. The van der Waals surface area contributed by atoms with Gasteiger partial charge in [-0.05, 0) is 54.0 Å². The number of urea groups is 1. The molecule has 0 N–H and O–H groups in total. The molecule has 0 bridgehead atoms. The summed E-state index contributed by atoms with van der Waals surface area (Å²) in [7, 11) is 0. The Balaban J connectivity index is 1.43. The van der Waals surface area contributed by atoms with Crippen LogP contribution >= 0.6 is 22.9 Å². The van der Waals surface area contributed by atoms with Crippen LogP contribution in [0, 0.1) is 11.3 Å². The number of hydrogen-bond donors (Lipinski definition) is 0. The van der Waals surface area contributed by atoms with Crippen molar-refractivity contribution in [1.29, 1.82) is 5.26 Å². The molecular formula is C20H19ClN4OS. The molecular weight excluding hydrogens is 380 g/mol. The first-order valence-electron chi connectivity index (χ1n) is 8.99. The minimum absolute atomic E-state index is 0.106. The molecule has 2 aliphatic rings. The molecule has 1 fully saturated rings. The number of fused-ring (bicyclic) bond motifs is 1. The molecule has 2 aromatic heterocycles. The highest BCUT2D eigenvalue weighted by Crippen LogP contribution is 2.28. The third kappa shape index (κ3) is 3.71. The van der Waals surface area contributed by atoms with Crippen LogP contribution in [0.1, 0.15) is 29.0 Å². The molecule has 2 aromatic rings. The lowest BCUT2D eigenvalue weighted by Gasteiger charge is -2.35. The van der Waals surface area contributed by atoms with E-state index in [0.717, 1.165) is 18.5 Å². The van der Waals surface area contributed by atoms with E-state index in [9.17, 15) is 10.1 Å². The number of aromatic nitrogens is 1. The number of rotatable bonds is 1. The van der Waals surface area contributed by atoms with Crippen molar-refractivity contribution < 1.29 is 4.79 Å². The minimum Gasteiger partial charge on any atom is -0.324 e. The van der Waals surface area contributed by atoms with Crippen molar-refractivity contribution in [1.82, 2.24) is 14.8 Å². The highest BCUT2D eigenvalue weighted by Gasteiger charge is 2.28. The number of nitriles is 1. The first-order chi connectivity index (χ1) is 13.2. The van der Waals surface area contributed by atoms with E-state index in [2.05, 4.69) is 22.5 Å². The van der Waals surface area contributed by atoms with Gasteiger partial charge >= 0.3 is 6.03 Å². The van der Waals surface area contributed by atoms with Gasteiger partial charge in [-0.1, -0.05) is 11.6 Å². The number of nitrogens with zero attached hydrogens (tertiary/aromatic N) is 4. The molecule has 0 unspecified atom stereocenters. The quantitative estimate of drug-likeness (QED) is 0.671. The van der Waals surface area contributed by atoms with Crippen LogP contribution in [-0.4, -0.2) is 40.4 Å². The smallest absolute Gasteiger partial charge is 0.320 e. The number of hydrogen-bond acceptors (Lipinski definition) is 4. The van der Waals surface area contributed by atoms with E-state index in [0.29, 0.717) is 48.8 Å². The van der Waals surface area contributed by atoms with Crippen molar-refractivity contribution >= 4 is 34.5 Å². The molecule has 2 aliphatic heterocycles. The highest BCUT2D eigenvalue weighted by atomic mass is 35.5. The summed E-state index contributed by atoms with van der Waals surface area (Å²) in [5.41, 5.74) is 3.60. The van der Waals surface area contributed by atoms with Crippen LogP contribution in [0.2, 0.25) is 5.02 Å². The molecule has 5 nitrogen and oxygen atoms in total. The summed E-state index contributed by atoms with van der Waals surface area (Å²) in [6.07, 6.45) is 3.91. The van der Waals surface area contributed by atoms with Gasteiger partial charge in [0, 0.05) is 37.3 Å². The SMILES string of the molecule is N#CC(=C1CCN(C(=O)N2CCc3sccc3C2)CC1)c1ccc(Cl)cn1. The third-order valence-corrected chi connectivity index (χ3v) is 6.41. The molecule has 1 saturated heterocycles. The molecule has 4 heterocycles. The Kier molecular flexibility index (Phi) is 5.15. The van der Waals surface area contributed by atoms with Gasteiger partial charge in [-0.2, -0.15) is 5.26 Å². The summed E-state index contributed by atoms with van der Waals surface area (Å²) in [5, 5.41) is 12.2. The van der Waals surface area contributed by atoms with Gasteiger partial charge in [0.2, 0.25) is 0 Å². The average molecular weight is 399 g/mol. The third-order valence-electron chi connectivity index (χ3n) is 5.16. The summed E-state index contributed by atoms with van der Waals surface area (Å²) in [5.74, 6) is 0. The molecule has 7 heteroatoms. The van der Waals surface area contributed by atoms with Crippen LogP contribution in [-0.2, 0) is 13.0 Å². The Morgan fingerprint density at radius 2 is 1.93 bits per heavy atom. The molecule has 0 atom stereocenters. The van der Waals surface area contributed by atoms with Crippen LogP contribution in [0.25, 0.3) is 5.57 Å². The zero-order chi connectivity index (χ0) is 18.8. The molecule has 4 rings (SSSR count). The van der Waals surface area contributed by atoms with E-state index in [1.807, 2.05) is 9.80 Å². The zero-order valence-electron chi connectivity index (χ0n) is 14.8. The Labute approximate surface area is 167 Å². The molecule has 27 heavy (non-hydrogen) atoms. The van der Waals surface area contributed by atoms with Crippen molar-refractivity contribution in [2.24, 2.45) is 0 Å². The first-order valence-corrected chi connectivity index (χ1v) is 10.2. The second-order valence-corrected chi connectivity index (χ2v) is 8.20. The number of carbonyl (C=O) groups excluding carboxylic acids is 1. The standard InChI is InChI=1S/C20H19ClN4OS/c21-16-1-2-18(23-12-16)17(11-22)14-3-7-24(8-4-14)20(26)25-9-5-19-15(13-25)6-10-27-19/h1-2,6,10,12H,3-5,7-9,13H2. The lowest BCUT2D eigenvalue weighted by atomic mass is 9.96. The molecule has 0 aromatic carbocycles. The number of carbonyl (C=O) groups is 1. The van der Waals surface area contributed by atoms with E-state index in [-0.39, 0.29) is 6.03 Å². The first kappa shape index (κ1) is 18.0. The van der Waals surface area contributed by atoms with E-state index < -0.39 is 0 Å². The highest BCUT2D eigenvalue weighted by molar-refractivity contribution is 7.10. The summed E-state index contributed by atoms with van der Waals surface area (Å²) >= 11 is 7.66. The van der Waals surface area contributed by atoms with Crippen LogP contribution in [0.3, 0.4) is 0 Å². The van der Waals surface area contributed by atoms with Crippen molar-refractivity contribution in [3.8, 4) is 6.07 Å². The number of amides is 2. The molecule has 0 spiro atoms. The van der Waals surface area contributed by atoms with Crippen molar-refractivity contribution in [3.05, 3.63) is 56.5 Å². The van der Waals surface area contributed by atoms with Crippen LogP contribution < -0.4 is 0 Å². The van der Waals surface area contributed by atoms with Crippen molar-refractivity contribution in [3.63, 3.8) is 0 Å². The van der Waals surface area contributed by atoms with Gasteiger partial charge in [-0.15, -0.1) is 11.3 Å². The molecule has 0 aliphatic carbocycles. The Bertz CT molecular complexity index is 918. The van der Waals surface area contributed by atoms with Gasteiger partial charge in [0.05, 0.1) is 16.3 Å². The molecule has 2 amide bonds. The average Bonchev–Trinajstić information content (AvgIpc) is 3.18. The predicted molar refractivity (Wildman–Crippen MR) is 106 cm³/mol. The van der Waals surface area contributed by atoms with E-state index in [4.69, 9.17) is 11.6 Å². The Morgan fingerprint density at radius 3 is 2.63 bits per heavy atom. The van der Waals surface area contributed by atoms with Crippen molar-refractivity contribution in [2.75, 3.05) is 19.6 Å². The van der Waals surface area contributed by atoms with Gasteiger partial charge < -0.3 is 9.80 Å². The van der Waals surface area contributed by atoms with Gasteiger partial charge in [0.15, 0.2) is 0 Å². The fourth-order valence-electron chi connectivity index (χ4n) is 3.67. The topological polar surface area (TPSA) is 60.2 Å². The largest absolute Gasteiger partial charge is 0.324 e. The van der Waals surface area contributed by atoms with Crippen LogP contribution in [0.15, 0.2) is 35.3 Å². The lowest BCUT2D eigenvalue weighted by molar-refractivity contribution is 0.144. The van der Waals surface area contributed by atoms with Crippen LogP contribution in [0.5, 0.6) is 0 Å². The van der Waals surface area contributed by atoms with Gasteiger partial charge in [-0.25, -0.2) is 4.79 Å². The maximum atomic E-state index is 12.9. The summed E-state index contributed by atoms with van der Waals surface area (Å²) < 4.78 is 0. The maximum absolute atomic E-state index is 12.9. The number of thiophene rings is 1. The fourth-order valence-corrected chi connectivity index (χ4v) is 4.67. The minimum atomic E-state index is 0.106. The maximum Gasteiger partial charge on any atom is 0.320 e. The van der Waals surface area contributed by atoms with E-state index in [1.54, 1.807) is 29.7 Å². The number of halogens is 1. The predicted octanol–water partition coefficient (Wildman–Crippen LogP) is 4.35. The Hall–Kier alpha value is -2.36. The van der Waals surface area contributed by atoms with E-state index in [1.165, 1.54) is 10.4 Å². The van der Waals surface area contributed by atoms with E-state index >= 15 is 0 Å². The summed E-state index contributed by atoms with van der Waals surface area (Å²) in [6.45, 7) is 2.76. The van der Waals surface area contributed by atoms with Crippen molar-refractivity contribution in [2.45, 2.75) is 25.8 Å². The number of pyridine rings is 1. The number of likely N-dealkylation sites (tertiary alicyclic amines) is 1. The lowest BCUT2D eigenvalue weighted by Crippen LogP contribution is -2.47.